The molecule has 2 aromatic heterocycles. The number of ether oxygens (including phenoxy) is 2. The van der Waals surface area contributed by atoms with E-state index in [0.29, 0.717) is 17.1 Å². The molecule has 20 heavy (non-hydrogen) atoms. The predicted molar refractivity (Wildman–Crippen MR) is 82.7 cm³/mol. The van der Waals surface area contributed by atoms with Gasteiger partial charge < -0.3 is 9.47 Å². The van der Waals surface area contributed by atoms with Crippen LogP contribution in [0.2, 0.25) is 0 Å². The van der Waals surface area contributed by atoms with E-state index in [0.717, 1.165) is 14.3 Å². The van der Waals surface area contributed by atoms with Crippen LogP contribution in [-0.2, 0) is 0 Å². The maximum atomic E-state index is 12.6. The van der Waals surface area contributed by atoms with Gasteiger partial charge in [0.15, 0.2) is 0 Å². The lowest BCUT2D eigenvalue weighted by Gasteiger charge is -2.07. The van der Waals surface area contributed by atoms with Crippen molar-refractivity contribution in [3.05, 3.63) is 46.2 Å². The molecular weight excluding hydrogens is 292 g/mol. The average Bonchev–Trinajstić information content (AvgIpc) is 3.07. The minimum Gasteiger partial charge on any atom is -0.497 e. The van der Waals surface area contributed by atoms with Gasteiger partial charge in [-0.2, -0.15) is 0 Å². The van der Waals surface area contributed by atoms with Crippen molar-refractivity contribution in [1.82, 2.24) is 0 Å². The van der Waals surface area contributed by atoms with Crippen LogP contribution >= 0.6 is 22.7 Å². The summed E-state index contributed by atoms with van der Waals surface area (Å²) in [6, 6.07) is 9.20. The third-order valence-corrected chi connectivity index (χ3v) is 5.07. The van der Waals surface area contributed by atoms with Crippen molar-refractivity contribution in [1.29, 1.82) is 0 Å². The van der Waals surface area contributed by atoms with Crippen molar-refractivity contribution in [2.24, 2.45) is 0 Å². The van der Waals surface area contributed by atoms with Gasteiger partial charge in [0.25, 0.3) is 0 Å². The maximum Gasteiger partial charge on any atom is 0.203 e. The molecule has 2 heterocycles. The third-order valence-electron chi connectivity index (χ3n) is 2.98. The number of rotatable bonds is 4. The molecule has 0 N–H and O–H groups in total. The molecule has 0 atom stereocenters. The Morgan fingerprint density at radius 1 is 1.00 bits per heavy atom. The smallest absolute Gasteiger partial charge is 0.203 e. The standard InChI is InChI=1S/C15H12O3S2/c1-17-10-5-9(6-11(7-10)18-2)15(16)14-8-13-12(20-14)3-4-19-13/h3-8H,1-2H3. The van der Waals surface area contributed by atoms with E-state index in [-0.39, 0.29) is 5.78 Å². The van der Waals surface area contributed by atoms with Crippen LogP contribution in [0.3, 0.4) is 0 Å². The molecule has 0 radical (unpaired) electrons. The Labute approximate surface area is 124 Å². The van der Waals surface area contributed by atoms with Gasteiger partial charge >= 0.3 is 0 Å². The molecule has 0 aliphatic heterocycles. The molecule has 3 aromatic rings. The molecule has 3 nitrogen and oxygen atoms in total. The van der Waals surface area contributed by atoms with Gasteiger partial charge in [-0.15, -0.1) is 22.7 Å². The first-order valence-electron chi connectivity index (χ1n) is 5.96. The molecule has 0 unspecified atom stereocenters. The molecular formula is C15H12O3S2. The van der Waals surface area contributed by atoms with Crippen LogP contribution < -0.4 is 9.47 Å². The zero-order valence-electron chi connectivity index (χ0n) is 11.0. The Kier molecular flexibility index (Phi) is 3.46. The van der Waals surface area contributed by atoms with E-state index in [2.05, 4.69) is 0 Å². The number of ketones is 1. The van der Waals surface area contributed by atoms with Gasteiger partial charge in [-0.1, -0.05) is 0 Å². The van der Waals surface area contributed by atoms with E-state index in [1.807, 2.05) is 17.5 Å². The minimum absolute atomic E-state index is 0.00407. The highest BCUT2D eigenvalue weighted by molar-refractivity contribution is 7.28. The van der Waals surface area contributed by atoms with Crippen molar-refractivity contribution in [3.8, 4) is 11.5 Å². The van der Waals surface area contributed by atoms with Gasteiger partial charge in [-0.05, 0) is 29.6 Å². The zero-order chi connectivity index (χ0) is 14.1. The first-order chi connectivity index (χ1) is 9.71. The summed E-state index contributed by atoms with van der Waals surface area (Å²) < 4.78 is 12.7. The van der Waals surface area contributed by atoms with Crippen LogP contribution in [0.4, 0.5) is 0 Å². The third kappa shape index (κ3) is 2.30. The van der Waals surface area contributed by atoms with E-state index < -0.39 is 0 Å². The number of thiophene rings is 2. The van der Waals surface area contributed by atoms with Crippen molar-refractivity contribution in [2.75, 3.05) is 14.2 Å². The monoisotopic (exact) mass is 304 g/mol. The zero-order valence-corrected chi connectivity index (χ0v) is 12.6. The van der Waals surface area contributed by atoms with Gasteiger partial charge in [0.05, 0.1) is 19.1 Å². The average molecular weight is 304 g/mol. The van der Waals surface area contributed by atoms with Crippen LogP contribution in [-0.4, -0.2) is 20.0 Å². The highest BCUT2D eigenvalue weighted by Gasteiger charge is 2.15. The molecule has 0 fully saturated rings. The fourth-order valence-electron chi connectivity index (χ4n) is 1.96. The minimum atomic E-state index is -0.00407. The summed E-state index contributed by atoms with van der Waals surface area (Å²) in [5.41, 5.74) is 0.579. The van der Waals surface area contributed by atoms with E-state index in [1.54, 1.807) is 43.8 Å². The molecule has 1 aromatic carbocycles. The number of methoxy groups -OCH3 is 2. The van der Waals surface area contributed by atoms with Crippen LogP contribution in [0.1, 0.15) is 15.2 Å². The van der Waals surface area contributed by atoms with Gasteiger partial charge in [-0.3, -0.25) is 4.79 Å². The summed E-state index contributed by atoms with van der Waals surface area (Å²) in [4.78, 5) is 13.3. The maximum absolute atomic E-state index is 12.6. The fourth-order valence-corrected chi connectivity index (χ4v) is 4.03. The van der Waals surface area contributed by atoms with E-state index >= 15 is 0 Å². The second-order valence-corrected chi connectivity index (χ2v) is 6.22. The van der Waals surface area contributed by atoms with Crippen LogP contribution in [0.15, 0.2) is 35.7 Å². The lowest BCUT2D eigenvalue weighted by atomic mass is 10.1. The summed E-state index contributed by atoms with van der Waals surface area (Å²) in [6.45, 7) is 0. The number of benzene rings is 1. The van der Waals surface area contributed by atoms with Crippen molar-refractivity contribution < 1.29 is 14.3 Å². The number of carbonyl (C=O) groups excluding carboxylic acids is 1. The van der Waals surface area contributed by atoms with Crippen molar-refractivity contribution in [3.63, 3.8) is 0 Å². The van der Waals surface area contributed by atoms with Gasteiger partial charge in [0.1, 0.15) is 11.5 Å². The van der Waals surface area contributed by atoms with Crippen LogP contribution in [0.5, 0.6) is 11.5 Å². The number of carbonyl (C=O) groups is 1. The van der Waals surface area contributed by atoms with E-state index in [9.17, 15) is 4.79 Å². The summed E-state index contributed by atoms with van der Waals surface area (Å²) >= 11 is 3.16. The Hall–Kier alpha value is -1.85. The highest BCUT2D eigenvalue weighted by Crippen LogP contribution is 2.32. The predicted octanol–water partition coefficient (Wildman–Crippen LogP) is 4.21. The molecule has 5 heteroatoms. The first kappa shape index (κ1) is 13.1. The van der Waals surface area contributed by atoms with Gasteiger partial charge in [-0.25, -0.2) is 0 Å². The number of fused-ring (bicyclic) bond motifs is 1. The fraction of sp³-hybridized carbons (Fsp3) is 0.133. The first-order valence-corrected chi connectivity index (χ1v) is 7.65. The van der Waals surface area contributed by atoms with Gasteiger partial charge in [0.2, 0.25) is 5.78 Å². The van der Waals surface area contributed by atoms with Gasteiger partial charge in [0, 0.05) is 21.0 Å². The number of hydrogen-bond acceptors (Lipinski definition) is 5. The summed E-state index contributed by atoms with van der Waals surface area (Å²) in [6.07, 6.45) is 0. The quantitative estimate of drug-likeness (QED) is 0.677. The highest BCUT2D eigenvalue weighted by atomic mass is 32.1. The molecule has 0 aliphatic rings. The van der Waals surface area contributed by atoms with Crippen LogP contribution in [0.25, 0.3) is 9.40 Å². The summed E-state index contributed by atoms with van der Waals surface area (Å²) in [5.74, 6) is 1.23. The van der Waals surface area contributed by atoms with Crippen molar-refractivity contribution >= 4 is 37.9 Å². The largest absolute Gasteiger partial charge is 0.497 e. The molecule has 3 rings (SSSR count). The van der Waals surface area contributed by atoms with E-state index in [1.165, 1.54) is 11.3 Å². The second-order valence-electron chi connectivity index (χ2n) is 4.19. The Morgan fingerprint density at radius 3 is 2.30 bits per heavy atom. The molecule has 102 valence electrons. The summed E-state index contributed by atoms with van der Waals surface area (Å²) in [5, 5.41) is 2.03. The second kappa shape index (κ2) is 5.26. The Bertz CT molecular complexity index is 720. The van der Waals surface area contributed by atoms with Crippen molar-refractivity contribution in [2.45, 2.75) is 0 Å². The molecule has 0 bridgehead atoms. The molecule has 0 saturated carbocycles. The normalized spacial score (nSPS) is 10.7. The lowest BCUT2D eigenvalue weighted by Crippen LogP contribution is -2.00. The SMILES string of the molecule is COc1cc(OC)cc(C(=O)c2cc3sccc3s2)c1. The van der Waals surface area contributed by atoms with E-state index in [4.69, 9.17) is 9.47 Å². The molecule has 0 saturated heterocycles. The Morgan fingerprint density at radius 2 is 1.70 bits per heavy atom. The Balaban J connectivity index is 2.03. The molecule has 0 aliphatic carbocycles. The topological polar surface area (TPSA) is 35.5 Å². The molecule has 0 spiro atoms. The van der Waals surface area contributed by atoms with Crippen LogP contribution in [0, 0.1) is 0 Å². The summed E-state index contributed by atoms with van der Waals surface area (Å²) in [7, 11) is 3.15. The molecule has 0 amide bonds. The lowest BCUT2D eigenvalue weighted by molar-refractivity contribution is 0.104. The number of hydrogen-bond donors (Lipinski definition) is 0.